The van der Waals surface area contributed by atoms with E-state index in [0.717, 1.165) is 25.2 Å². The maximum atomic E-state index is 14.2. The average Bonchev–Trinajstić information content (AvgIpc) is 3.45. The van der Waals surface area contributed by atoms with Gasteiger partial charge < -0.3 is 4.74 Å². The Hall–Kier alpha value is -1.18. The van der Waals surface area contributed by atoms with Crippen LogP contribution in [0, 0.1) is 11.7 Å². The molecular weight excluding hydrogens is 391 g/mol. The molecule has 1 aromatic rings. The first-order chi connectivity index (χ1) is 13.7. The van der Waals surface area contributed by atoms with Crippen molar-refractivity contribution in [2.45, 2.75) is 61.9 Å². The Labute approximate surface area is 174 Å². The average molecular weight is 425 g/mol. The van der Waals surface area contributed by atoms with E-state index in [2.05, 4.69) is 16.7 Å². The van der Waals surface area contributed by atoms with Gasteiger partial charge in [0.1, 0.15) is 0 Å². The monoisotopic (exact) mass is 424 g/mol. The van der Waals surface area contributed by atoms with Crippen LogP contribution in [0.15, 0.2) is 23.1 Å². The fourth-order valence-corrected chi connectivity index (χ4v) is 5.47. The summed E-state index contributed by atoms with van der Waals surface area (Å²) in [5.41, 5.74) is 0.496. The third-order valence-electron chi connectivity index (χ3n) is 7.19. The quantitative estimate of drug-likeness (QED) is 0.701. The van der Waals surface area contributed by atoms with E-state index in [4.69, 9.17) is 4.74 Å². The predicted molar refractivity (Wildman–Crippen MR) is 112 cm³/mol. The molecule has 2 saturated carbocycles. The molecule has 0 spiro atoms. The molecule has 3 aliphatic rings. The van der Waals surface area contributed by atoms with Gasteiger partial charge in [0.15, 0.2) is 21.4 Å². The molecule has 0 radical (unpaired) electrons. The van der Waals surface area contributed by atoms with E-state index in [1.165, 1.54) is 64.0 Å². The van der Waals surface area contributed by atoms with Crippen LogP contribution >= 0.6 is 0 Å². The van der Waals surface area contributed by atoms with Gasteiger partial charge >= 0.3 is 0 Å². The summed E-state index contributed by atoms with van der Waals surface area (Å²) in [4.78, 5) is 5.33. The third kappa shape index (κ3) is 4.94. The first-order valence-corrected chi connectivity index (χ1v) is 12.8. The number of piperazine rings is 1. The van der Waals surface area contributed by atoms with Crippen molar-refractivity contribution >= 4 is 9.84 Å². The zero-order chi connectivity index (χ0) is 20.6. The van der Waals surface area contributed by atoms with Crippen LogP contribution < -0.4 is 4.74 Å². The Kier molecular flexibility index (Phi) is 5.93. The van der Waals surface area contributed by atoms with Crippen molar-refractivity contribution in [1.29, 1.82) is 0 Å². The van der Waals surface area contributed by atoms with Gasteiger partial charge in [-0.2, -0.15) is 0 Å². The van der Waals surface area contributed by atoms with Crippen molar-refractivity contribution < 1.29 is 17.5 Å². The molecule has 0 amide bonds. The highest BCUT2D eigenvalue weighted by Crippen LogP contribution is 2.41. The fourth-order valence-electron chi connectivity index (χ4n) is 4.84. The van der Waals surface area contributed by atoms with E-state index in [1.54, 1.807) is 0 Å². The SMILES string of the molecule is CC1(N2CCN(C3CCC(COc4ccc(S(C)(=O)=O)cc4F)CC3)CC2)CC1. The van der Waals surface area contributed by atoms with Crippen LogP contribution in [0.2, 0.25) is 0 Å². The highest BCUT2D eigenvalue weighted by molar-refractivity contribution is 7.90. The number of hydrogen-bond donors (Lipinski definition) is 0. The van der Waals surface area contributed by atoms with Gasteiger partial charge in [0.05, 0.1) is 11.5 Å². The van der Waals surface area contributed by atoms with Crippen LogP contribution in [-0.4, -0.2) is 68.8 Å². The Morgan fingerprint density at radius 1 is 1.10 bits per heavy atom. The number of rotatable bonds is 6. The van der Waals surface area contributed by atoms with Gasteiger partial charge in [-0.25, -0.2) is 12.8 Å². The van der Waals surface area contributed by atoms with Crippen molar-refractivity contribution in [3.05, 3.63) is 24.0 Å². The Morgan fingerprint density at radius 3 is 2.31 bits per heavy atom. The van der Waals surface area contributed by atoms with Gasteiger partial charge in [-0.1, -0.05) is 0 Å². The summed E-state index contributed by atoms with van der Waals surface area (Å²) in [5, 5.41) is 0. The van der Waals surface area contributed by atoms with Crippen LogP contribution in [0.25, 0.3) is 0 Å². The summed E-state index contributed by atoms with van der Waals surface area (Å²) in [6.07, 6.45) is 8.36. The summed E-state index contributed by atoms with van der Waals surface area (Å²) < 4.78 is 42.9. The van der Waals surface area contributed by atoms with Crippen molar-refractivity contribution in [2.24, 2.45) is 5.92 Å². The lowest BCUT2D eigenvalue weighted by molar-refractivity contribution is 0.0437. The lowest BCUT2D eigenvalue weighted by Gasteiger charge is -2.43. The lowest BCUT2D eigenvalue weighted by Crippen LogP contribution is -2.54. The smallest absolute Gasteiger partial charge is 0.175 e. The van der Waals surface area contributed by atoms with Crippen molar-refractivity contribution in [3.8, 4) is 5.75 Å². The van der Waals surface area contributed by atoms with Crippen molar-refractivity contribution in [1.82, 2.24) is 9.80 Å². The minimum Gasteiger partial charge on any atom is -0.490 e. The Balaban J connectivity index is 1.21. The minimum atomic E-state index is -3.41. The van der Waals surface area contributed by atoms with E-state index >= 15 is 0 Å². The van der Waals surface area contributed by atoms with Crippen molar-refractivity contribution in [3.63, 3.8) is 0 Å². The largest absolute Gasteiger partial charge is 0.490 e. The summed E-state index contributed by atoms with van der Waals surface area (Å²) in [6.45, 7) is 7.64. The first-order valence-electron chi connectivity index (χ1n) is 10.9. The molecule has 5 nitrogen and oxygen atoms in total. The molecule has 1 heterocycles. The molecule has 1 aliphatic heterocycles. The molecule has 0 bridgehead atoms. The Bertz CT molecular complexity index is 824. The molecule has 162 valence electrons. The number of benzene rings is 1. The second-order valence-corrected chi connectivity index (χ2v) is 11.4. The third-order valence-corrected chi connectivity index (χ3v) is 8.30. The first kappa shape index (κ1) is 21.1. The van der Waals surface area contributed by atoms with Crippen LogP contribution in [0.3, 0.4) is 0 Å². The standard InChI is InChI=1S/C22H33FN2O3S/c1-22(9-10-22)25-13-11-24(12-14-25)18-5-3-17(4-6-18)16-28-21-8-7-19(15-20(21)23)29(2,26)27/h7-8,15,17-18H,3-6,9-14,16H2,1-2H3. The molecule has 1 aromatic carbocycles. The molecule has 1 saturated heterocycles. The molecule has 2 aliphatic carbocycles. The zero-order valence-electron chi connectivity index (χ0n) is 17.6. The highest BCUT2D eigenvalue weighted by atomic mass is 32.2. The second kappa shape index (κ2) is 8.16. The molecule has 3 fully saturated rings. The maximum absolute atomic E-state index is 14.2. The number of hydrogen-bond acceptors (Lipinski definition) is 5. The predicted octanol–water partition coefficient (Wildman–Crippen LogP) is 3.34. The molecule has 0 N–H and O–H groups in total. The van der Waals surface area contributed by atoms with E-state index in [0.29, 0.717) is 24.1 Å². The van der Waals surface area contributed by atoms with Crippen LogP contribution in [0.5, 0.6) is 5.75 Å². The molecule has 29 heavy (non-hydrogen) atoms. The van der Waals surface area contributed by atoms with Gasteiger partial charge in [-0.05, 0) is 69.6 Å². The van der Waals surface area contributed by atoms with Crippen LogP contribution in [-0.2, 0) is 9.84 Å². The highest BCUT2D eigenvalue weighted by Gasteiger charge is 2.44. The summed E-state index contributed by atoms with van der Waals surface area (Å²) in [5.74, 6) is -0.0278. The van der Waals surface area contributed by atoms with Gasteiger partial charge in [0, 0.05) is 44.0 Å². The fraction of sp³-hybridized carbons (Fsp3) is 0.727. The number of ether oxygens (including phenoxy) is 1. The molecule has 4 rings (SSSR count). The van der Waals surface area contributed by atoms with E-state index in [1.807, 2.05) is 0 Å². The van der Waals surface area contributed by atoms with Gasteiger partial charge in [0.25, 0.3) is 0 Å². The van der Waals surface area contributed by atoms with Gasteiger partial charge in [0.2, 0.25) is 0 Å². The number of halogens is 1. The minimum absolute atomic E-state index is 0.0152. The molecule has 0 unspecified atom stereocenters. The van der Waals surface area contributed by atoms with Crippen LogP contribution in [0.4, 0.5) is 4.39 Å². The number of sulfone groups is 1. The normalized spacial score (nSPS) is 28.2. The Morgan fingerprint density at radius 2 is 1.76 bits per heavy atom. The lowest BCUT2D eigenvalue weighted by atomic mass is 9.85. The topological polar surface area (TPSA) is 49.9 Å². The second-order valence-electron chi connectivity index (χ2n) is 9.37. The number of nitrogens with zero attached hydrogens (tertiary/aromatic N) is 2. The van der Waals surface area contributed by atoms with E-state index in [-0.39, 0.29) is 10.6 Å². The van der Waals surface area contributed by atoms with E-state index in [9.17, 15) is 12.8 Å². The zero-order valence-corrected chi connectivity index (χ0v) is 18.4. The van der Waals surface area contributed by atoms with Crippen LogP contribution in [0.1, 0.15) is 45.4 Å². The summed E-state index contributed by atoms with van der Waals surface area (Å²) in [7, 11) is -3.41. The summed E-state index contributed by atoms with van der Waals surface area (Å²) in [6, 6.07) is 4.55. The van der Waals surface area contributed by atoms with Gasteiger partial charge in [-0.15, -0.1) is 0 Å². The van der Waals surface area contributed by atoms with E-state index < -0.39 is 15.7 Å². The molecule has 0 atom stereocenters. The summed E-state index contributed by atoms with van der Waals surface area (Å²) >= 11 is 0. The molecule has 0 aromatic heterocycles. The maximum Gasteiger partial charge on any atom is 0.175 e. The molecular formula is C22H33FN2O3S. The molecule has 7 heteroatoms. The van der Waals surface area contributed by atoms with Gasteiger partial charge in [-0.3, -0.25) is 9.80 Å². The van der Waals surface area contributed by atoms with Crippen molar-refractivity contribution in [2.75, 3.05) is 39.0 Å².